The second-order valence-electron chi connectivity index (χ2n) is 4.01. The summed E-state index contributed by atoms with van der Waals surface area (Å²) in [5.41, 5.74) is 8.13. The number of nitrogens with two attached hydrogens (primary N) is 1. The number of nitrogens with zero attached hydrogens (tertiary/aromatic N) is 1. The molecule has 0 saturated carbocycles. The van der Waals surface area contributed by atoms with E-state index in [0.717, 1.165) is 33.6 Å². The highest BCUT2D eigenvalue weighted by Gasteiger charge is 2.07. The summed E-state index contributed by atoms with van der Waals surface area (Å²) in [6, 6.07) is 8.43. The molecule has 1 aromatic carbocycles. The van der Waals surface area contributed by atoms with Crippen LogP contribution in [0.5, 0.6) is 0 Å². The van der Waals surface area contributed by atoms with Crippen LogP contribution in [0.1, 0.15) is 18.4 Å². The molecule has 1 aromatic heterocycles. The van der Waals surface area contributed by atoms with E-state index in [4.69, 9.17) is 5.73 Å². The van der Waals surface area contributed by atoms with Crippen molar-refractivity contribution >= 4 is 27.3 Å². The first-order valence-corrected chi connectivity index (χ1v) is 7.32. The molecule has 2 rings (SSSR count). The average Bonchev–Trinajstić information content (AvgIpc) is 2.78. The molecule has 1 unspecified atom stereocenters. The van der Waals surface area contributed by atoms with Crippen LogP contribution in [0.2, 0.25) is 0 Å². The SMILES string of the molecule is CCC(N)Cc1nc(-c2ccc(Br)cc2)cs1. The monoisotopic (exact) mass is 310 g/mol. The number of benzene rings is 1. The number of thiazole rings is 1. The number of rotatable bonds is 4. The highest BCUT2D eigenvalue weighted by atomic mass is 79.9. The van der Waals surface area contributed by atoms with Crippen molar-refractivity contribution in [2.75, 3.05) is 0 Å². The summed E-state index contributed by atoms with van der Waals surface area (Å²) in [6.07, 6.45) is 1.87. The highest BCUT2D eigenvalue weighted by molar-refractivity contribution is 9.10. The predicted molar refractivity (Wildman–Crippen MR) is 77.2 cm³/mol. The van der Waals surface area contributed by atoms with Gasteiger partial charge in [0.2, 0.25) is 0 Å². The number of aromatic nitrogens is 1. The fraction of sp³-hybridized carbons (Fsp3) is 0.308. The topological polar surface area (TPSA) is 38.9 Å². The second-order valence-corrected chi connectivity index (χ2v) is 5.86. The molecule has 1 heterocycles. The summed E-state index contributed by atoms with van der Waals surface area (Å²) >= 11 is 5.12. The summed E-state index contributed by atoms with van der Waals surface area (Å²) in [6.45, 7) is 2.11. The van der Waals surface area contributed by atoms with Crippen molar-refractivity contribution in [3.63, 3.8) is 0 Å². The Balaban J connectivity index is 2.15. The van der Waals surface area contributed by atoms with Crippen LogP contribution in [0.3, 0.4) is 0 Å². The van der Waals surface area contributed by atoms with E-state index < -0.39 is 0 Å². The molecular weight excluding hydrogens is 296 g/mol. The van der Waals surface area contributed by atoms with Gasteiger partial charge < -0.3 is 5.73 Å². The lowest BCUT2D eigenvalue weighted by atomic mass is 10.1. The number of hydrogen-bond acceptors (Lipinski definition) is 3. The first-order chi connectivity index (χ1) is 8.19. The van der Waals surface area contributed by atoms with E-state index in [1.54, 1.807) is 11.3 Å². The Morgan fingerprint density at radius 3 is 2.71 bits per heavy atom. The molecular formula is C13H15BrN2S. The standard InChI is InChI=1S/C13H15BrN2S/c1-2-11(15)7-13-16-12(8-17-13)9-3-5-10(14)6-4-9/h3-6,8,11H,2,7,15H2,1H3. The van der Waals surface area contributed by atoms with Gasteiger partial charge in [-0.2, -0.15) is 0 Å². The van der Waals surface area contributed by atoms with Gasteiger partial charge in [-0.05, 0) is 18.6 Å². The quantitative estimate of drug-likeness (QED) is 0.931. The third-order valence-electron chi connectivity index (χ3n) is 2.65. The first-order valence-electron chi connectivity index (χ1n) is 5.65. The van der Waals surface area contributed by atoms with Gasteiger partial charge in [0.25, 0.3) is 0 Å². The molecule has 1 atom stereocenters. The molecule has 2 N–H and O–H groups in total. The third-order valence-corrected chi connectivity index (χ3v) is 4.05. The van der Waals surface area contributed by atoms with Crippen molar-refractivity contribution in [1.82, 2.24) is 4.98 Å². The summed E-state index contributed by atoms with van der Waals surface area (Å²) in [7, 11) is 0. The predicted octanol–water partition coefficient (Wildman–Crippen LogP) is 3.85. The van der Waals surface area contributed by atoms with Gasteiger partial charge in [-0.1, -0.05) is 35.0 Å². The molecule has 90 valence electrons. The largest absolute Gasteiger partial charge is 0.327 e. The Kier molecular flexibility index (Phi) is 4.31. The zero-order valence-electron chi connectivity index (χ0n) is 9.69. The smallest absolute Gasteiger partial charge is 0.0948 e. The van der Waals surface area contributed by atoms with Crippen molar-refractivity contribution in [2.45, 2.75) is 25.8 Å². The lowest BCUT2D eigenvalue weighted by Gasteiger charge is -2.04. The van der Waals surface area contributed by atoms with Crippen LogP contribution in [0.25, 0.3) is 11.3 Å². The first kappa shape index (κ1) is 12.7. The molecule has 0 radical (unpaired) electrons. The van der Waals surface area contributed by atoms with Gasteiger partial charge >= 0.3 is 0 Å². The van der Waals surface area contributed by atoms with Gasteiger partial charge in [0.1, 0.15) is 0 Å². The zero-order chi connectivity index (χ0) is 12.3. The van der Waals surface area contributed by atoms with E-state index in [1.165, 1.54) is 0 Å². The van der Waals surface area contributed by atoms with E-state index in [-0.39, 0.29) is 6.04 Å². The van der Waals surface area contributed by atoms with Gasteiger partial charge in [0.15, 0.2) is 0 Å². The molecule has 0 spiro atoms. The molecule has 0 aliphatic carbocycles. The molecule has 0 amide bonds. The van der Waals surface area contributed by atoms with E-state index in [1.807, 2.05) is 12.1 Å². The normalized spacial score (nSPS) is 12.6. The molecule has 0 fully saturated rings. The summed E-state index contributed by atoms with van der Waals surface area (Å²) in [5.74, 6) is 0. The number of hydrogen-bond donors (Lipinski definition) is 1. The van der Waals surface area contributed by atoms with Crippen molar-refractivity contribution in [2.24, 2.45) is 5.73 Å². The Morgan fingerprint density at radius 2 is 2.06 bits per heavy atom. The van der Waals surface area contributed by atoms with Crippen LogP contribution in [-0.2, 0) is 6.42 Å². The van der Waals surface area contributed by atoms with Crippen LogP contribution >= 0.6 is 27.3 Å². The molecule has 2 nitrogen and oxygen atoms in total. The molecule has 0 aliphatic heterocycles. The van der Waals surface area contributed by atoms with Crippen LogP contribution in [0.4, 0.5) is 0 Å². The zero-order valence-corrected chi connectivity index (χ0v) is 12.1. The van der Waals surface area contributed by atoms with Crippen molar-refractivity contribution < 1.29 is 0 Å². The summed E-state index contributed by atoms with van der Waals surface area (Å²) in [4.78, 5) is 4.62. The Hall–Kier alpha value is -0.710. The Morgan fingerprint density at radius 1 is 1.35 bits per heavy atom. The van der Waals surface area contributed by atoms with Gasteiger partial charge in [-0.25, -0.2) is 4.98 Å². The van der Waals surface area contributed by atoms with Crippen LogP contribution in [-0.4, -0.2) is 11.0 Å². The fourth-order valence-corrected chi connectivity index (χ4v) is 2.69. The molecule has 0 bridgehead atoms. The molecule has 17 heavy (non-hydrogen) atoms. The summed E-state index contributed by atoms with van der Waals surface area (Å²) in [5, 5.41) is 3.22. The summed E-state index contributed by atoms with van der Waals surface area (Å²) < 4.78 is 1.09. The molecule has 4 heteroatoms. The fourth-order valence-electron chi connectivity index (χ4n) is 1.53. The van der Waals surface area contributed by atoms with Crippen molar-refractivity contribution in [1.29, 1.82) is 0 Å². The Labute approximate surface area is 114 Å². The van der Waals surface area contributed by atoms with E-state index >= 15 is 0 Å². The van der Waals surface area contributed by atoms with Crippen LogP contribution in [0, 0.1) is 0 Å². The van der Waals surface area contributed by atoms with Crippen LogP contribution < -0.4 is 5.73 Å². The van der Waals surface area contributed by atoms with Gasteiger partial charge in [0, 0.05) is 27.9 Å². The third kappa shape index (κ3) is 3.37. The minimum Gasteiger partial charge on any atom is -0.327 e. The van der Waals surface area contributed by atoms with E-state index in [2.05, 4.69) is 45.4 Å². The minimum atomic E-state index is 0.221. The highest BCUT2D eigenvalue weighted by Crippen LogP contribution is 2.24. The van der Waals surface area contributed by atoms with Crippen molar-refractivity contribution in [3.05, 3.63) is 39.1 Å². The van der Waals surface area contributed by atoms with E-state index in [0.29, 0.717) is 0 Å². The maximum absolute atomic E-state index is 5.93. The number of halogens is 1. The molecule has 0 aliphatic rings. The van der Waals surface area contributed by atoms with Crippen molar-refractivity contribution in [3.8, 4) is 11.3 Å². The Bertz CT molecular complexity index is 478. The average molecular weight is 311 g/mol. The molecule has 2 aromatic rings. The van der Waals surface area contributed by atoms with Gasteiger partial charge in [-0.15, -0.1) is 11.3 Å². The maximum Gasteiger partial charge on any atom is 0.0948 e. The minimum absolute atomic E-state index is 0.221. The van der Waals surface area contributed by atoms with Gasteiger partial charge in [0.05, 0.1) is 10.7 Å². The maximum atomic E-state index is 5.93. The lowest BCUT2D eigenvalue weighted by molar-refractivity contribution is 0.644. The van der Waals surface area contributed by atoms with Crippen LogP contribution in [0.15, 0.2) is 34.1 Å². The van der Waals surface area contributed by atoms with E-state index in [9.17, 15) is 0 Å². The second kappa shape index (κ2) is 5.76. The lowest BCUT2D eigenvalue weighted by Crippen LogP contribution is -2.21. The van der Waals surface area contributed by atoms with Gasteiger partial charge in [-0.3, -0.25) is 0 Å². The molecule has 0 saturated heterocycles.